The highest BCUT2D eigenvalue weighted by Crippen LogP contribution is 2.22. The van der Waals surface area contributed by atoms with Gasteiger partial charge in [0.15, 0.2) is 5.78 Å². The van der Waals surface area contributed by atoms with Crippen molar-refractivity contribution in [1.29, 1.82) is 0 Å². The van der Waals surface area contributed by atoms with Crippen LogP contribution < -0.4 is 0 Å². The van der Waals surface area contributed by atoms with Crippen molar-refractivity contribution in [2.45, 2.75) is 12.8 Å². The van der Waals surface area contributed by atoms with E-state index in [1.54, 1.807) is 24.3 Å². The zero-order valence-corrected chi connectivity index (χ0v) is 14.9. The zero-order valence-electron chi connectivity index (χ0n) is 14.9. The third-order valence-electron chi connectivity index (χ3n) is 4.86. The molecule has 3 rings (SSSR count). The first kappa shape index (κ1) is 18.9. The van der Waals surface area contributed by atoms with E-state index in [0.29, 0.717) is 5.56 Å². The number of nitrogens with zero attached hydrogens (tertiary/aromatic N) is 2. The lowest BCUT2D eigenvalue weighted by Crippen LogP contribution is -2.36. The molecular weight excluding hydrogens is 347 g/mol. The minimum atomic E-state index is -0.412. The van der Waals surface area contributed by atoms with Gasteiger partial charge in [-0.1, -0.05) is 12.2 Å². The van der Waals surface area contributed by atoms with Crippen molar-refractivity contribution in [2.75, 3.05) is 19.6 Å². The Kier molecular flexibility index (Phi) is 6.08. The van der Waals surface area contributed by atoms with Gasteiger partial charge < -0.3 is 0 Å². The van der Waals surface area contributed by atoms with E-state index in [9.17, 15) is 19.3 Å². The number of rotatable bonds is 6. The molecule has 5 nitrogen and oxygen atoms in total. The third kappa shape index (κ3) is 5.08. The lowest BCUT2D eigenvalue weighted by molar-refractivity contribution is -0.384. The molecule has 0 bridgehead atoms. The van der Waals surface area contributed by atoms with Gasteiger partial charge in [0, 0.05) is 30.2 Å². The van der Waals surface area contributed by atoms with Gasteiger partial charge in [0.2, 0.25) is 0 Å². The molecule has 1 aliphatic rings. The van der Waals surface area contributed by atoms with Crippen LogP contribution in [0.4, 0.5) is 10.1 Å². The standard InChI is InChI=1S/C21H21FN2O3/c22-19-7-5-17(6-8-19)21(25)18-11-14-23(15-12-18)13-1-2-16-3-9-20(10-4-16)24(26)27/h1-10,18H,11-15H2. The van der Waals surface area contributed by atoms with Gasteiger partial charge in [-0.15, -0.1) is 0 Å². The van der Waals surface area contributed by atoms with Crippen molar-refractivity contribution >= 4 is 17.5 Å². The molecule has 1 saturated heterocycles. The van der Waals surface area contributed by atoms with E-state index in [1.807, 2.05) is 12.2 Å². The molecule has 2 aromatic rings. The van der Waals surface area contributed by atoms with Crippen LogP contribution in [0.1, 0.15) is 28.8 Å². The van der Waals surface area contributed by atoms with Crippen LogP contribution in [0, 0.1) is 21.8 Å². The molecule has 0 saturated carbocycles. The summed E-state index contributed by atoms with van der Waals surface area (Å²) in [5.74, 6) is -0.248. The highest BCUT2D eigenvalue weighted by atomic mass is 19.1. The number of nitro groups is 1. The Hall–Kier alpha value is -2.86. The summed E-state index contributed by atoms with van der Waals surface area (Å²) in [6, 6.07) is 12.2. The van der Waals surface area contributed by atoms with Gasteiger partial charge in [-0.25, -0.2) is 4.39 Å². The number of piperidine rings is 1. The summed E-state index contributed by atoms with van der Waals surface area (Å²) in [5, 5.41) is 10.7. The number of carbonyl (C=O) groups is 1. The summed E-state index contributed by atoms with van der Waals surface area (Å²) >= 11 is 0. The smallest absolute Gasteiger partial charge is 0.269 e. The number of likely N-dealkylation sites (tertiary alicyclic amines) is 1. The number of carbonyl (C=O) groups excluding carboxylic acids is 1. The predicted octanol–water partition coefficient (Wildman–Crippen LogP) is 4.34. The molecule has 0 atom stereocenters. The average Bonchev–Trinajstić information content (AvgIpc) is 2.69. The van der Waals surface area contributed by atoms with Crippen LogP contribution >= 0.6 is 0 Å². The molecule has 0 aliphatic carbocycles. The third-order valence-corrected chi connectivity index (χ3v) is 4.86. The van der Waals surface area contributed by atoms with Crippen molar-refractivity contribution in [3.63, 3.8) is 0 Å². The second-order valence-electron chi connectivity index (χ2n) is 6.70. The SMILES string of the molecule is O=C(c1ccc(F)cc1)C1CCN(CC=Cc2ccc([N+](=O)[O-])cc2)CC1. The Labute approximate surface area is 157 Å². The summed E-state index contributed by atoms with van der Waals surface area (Å²) in [7, 11) is 0. The second-order valence-corrected chi connectivity index (χ2v) is 6.70. The Morgan fingerprint density at radius 2 is 1.74 bits per heavy atom. The minimum absolute atomic E-state index is 0.00892. The molecular formula is C21H21FN2O3. The number of non-ortho nitro benzene ring substituents is 1. The molecule has 27 heavy (non-hydrogen) atoms. The molecule has 1 heterocycles. The Balaban J connectivity index is 1.47. The van der Waals surface area contributed by atoms with Gasteiger partial charge in [0.25, 0.3) is 5.69 Å². The number of ketones is 1. The topological polar surface area (TPSA) is 63.5 Å². The second kappa shape index (κ2) is 8.68. The highest BCUT2D eigenvalue weighted by molar-refractivity contribution is 5.97. The zero-order chi connectivity index (χ0) is 19.2. The molecule has 0 radical (unpaired) electrons. The first-order valence-electron chi connectivity index (χ1n) is 8.96. The lowest BCUT2D eigenvalue weighted by atomic mass is 9.89. The Morgan fingerprint density at radius 3 is 2.33 bits per heavy atom. The van der Waals surface area contributed by atoms with Gasteiger partial charge >= 0.3 is 0 Å². The Bertz CT molecular complexity index is 824. The summed E-state index contributed by atoms with van der Waals surface area (Å²) in [6.07, 6.45) is 5.56. The van der Waals surface area contributed by atoms with Gasteiger partial charge in [0.1, 0.15) is 5.82 Å². The van der Waals surface area contributed by atoms with Crippen molar-refractivity contribution in [1.82, 2.24) is 4.90 Å². The summed E-state index contributed by atoms with van der Waals surface area (Å²) in [5.41, 5.74) is 1.58. The van der Waals surface area contributed by atoms with Crippen LogP contribution in [-0.4, -0.2) is 35.2 Å². The van der Waals surface area contributed by atoms with Crippen LogP contribution in [0.15, 0.2) is 54.6 Å². The number of Topliss-reactive ketones (excluding diaryl/α,β-unsaturated/α-hetero) is 1. The first-order valence-corrected chi connectivity index (χ1v) is 8.96. The first-order chi connectivity index (χ1) is 13.0. The van der Waals surface area contributed by atoms with Crippen molar-refractivity contribution in [3.05, 3.63) is 81.7 Å². The molecule has 0 aromatic heterocycles. The van der Waals surface area contributed by atoms with Crippen LogP contribution in [0.2, 0.25) is 0 Å². The van der Waals surface area contributed by atoms with Crippen LogP contribution in [-0.2, 0) is 0 Å². The fraction of sp³-hybridized carbons (Fsp3) is 0.286. The molecule has 140 valence electrons. The predicted molar refractivity (Wildman–Crippen MR) is 102 cm³/mol. The molecule has 6 heteroatoms. The maximum absolute atomic E-state index is 13.0. The van der Waals surface area contributed by atoms with E-state index >= 15 is 0 Å². The molecule has 1 fully saturated rings. The number of hydrogen-bond donors (Lipinski definition) is 0. The van der Waals surface area contributed by atoms with E-state index in [1.165, 1.54) is 24.3 Å². The van der Waals surface area contributed by atoms with Crippen molar-refractivity contribution in [3.8, 4) is 0 Å². The van der Waals surface area contributed by atoms with E-state index in [4.69, 9.17) is 0 Å². The largest absolute Gasteiger partial charge is 0.300 e. The molecule has 0 unspecified atom stereocenters. The fourth-order valence-corrected chi connectivity index (χ4v) is 3.27. The monoisotopic (exact) mass is 368 g/mol. The van der Waals surface area contributed by atoms with Crippen molar-refractivity contribution in [2.24, 2.45) is 5.92 Å². The average molecular weight is 368 g/mol. The summed E-state index contributed by atoms with van der Waals surface area (Å²) in [4.78, 5) is 25.0. The quantitative estimate of drug-likeness (QED) is 0.432. The maximum atomic E-state index is 13.0. The van der Waals surface area contributed by atoms with Gasteiger partial charge in [0.05, 0.1) is 4.92 Å². The molecule has 0 spiro atoms. The van der Waals surface area contributed by atoms with Gasteiger partial charge in [-0.2, -0.15) is 0 Å². The highest BCUT2D eigenvalue weighted by Gasteiger charge is 2.25. The Morgan fingerprint density at radius 1 is 1.11 bits per heavy atom. The molecule has 0 amide bonds. The molecule has 1 aliphatic heterocycles. The van der Waals surface area contributed by atoms with E-state index in [2.05, 4.69) is 4.90 Å². The molecule has 2 aromatic carbocycles. The van der Waals surface area contributed by atoms with Crippen molar-refractivity contribution < 1.29 is 14.1 Å². The van der Waals surface area contributed by atoms with E-state index < -0.39 is 4.92 Å². The fourth-order valence-electron chi connectivity index (χ4n) is 3.27. The van der Waals surface area contributed by atoms with E-state index in [-0.39, 0.29) is 23.2 Å². The maximum Gasteiger partial charge on any atom is 0.269 e. The number of nitro benzene ring substituents is 1. The van der Waals surface area contributed by atoms with Gasteiger partial charge in [-0.3, -0.25) is 19.8 Å². The minimum Gasteiger partial charge on any atom is -0.300 e. The lowest BCUT2D eigenvalue weighted by Gasteiger charge is -2.30. The van der Waals surface area contributed by atoms with Crippen LogP contribution in [0.3, 0.4) is 0 Å². The van der Waals surface area contributed by atoms with E-state index in [0.717, 1.165) is 38.0 Å². The number of halogens is 1. The summed E-state index contributed by atoms with van der Waals surface area (Å²) < 4.78 is 13.0. The molecule has 0 N–H and O–H groups in total. The number of benzene rings is 2. The summed E-state index contributed by atoms with van der Waals surface area (Å²) in [6.45, 7) is 2.44. The van der Waals surface area contributed by atoms with Crippen LogP contribution in [0.25, 0.3) is 6.08 Å². The number of hydrogen-bond acceptors (Lipinski definition) is 4. The van der Waals surface area contributed by atoms with Gasteiger partial charge in [-0.05, 0) is 67.9 Å². The normalized spacial score (nSPS) is 15.9. The van der Waals surface area contributed by atoms with Crippen LogP contribution in [0.5, 0.6) is 0 Å².